The van der Waals surface area contributed by atoms with Crippen LogP contribution in [0, 0.1) is 6.92 Å². The van der Waals surface area contributed by atoms with Crippen molar-refractivity contribution in [2.75, 3.05) is 0 Å². The van der Waals surface area contributed by atoms with Gasteiger partial charge in [0.2, 0.25) is 0 Å². The van der Waals surface area contributed by atoms with Gasteiger partial charge >= 0.3 is 0 Å². The molecule has 0 aliphatic carbocycles. The van der Waals surface area contributed by atoms with Crippen LogP contribution in [0.1, 0.15) is 11.1 Å². The van der Waals surface area contributed by atoms with Crippen LogP contribution in [0.2, 0.25) is 0 Å². The van der Waals surface area contributed by atoms with Crippen molar-refractivity contribution in [3.05, 3.63) is 35.4 Å². The Labute approximate surface area is 74.0 Å². The fraction of sp³-hybridized carbons (Fsp3) is 0.250. The molecule has 0 saturated carbocycles. The molecular formula is C8H11NO2S. The van der Waals surface area contributed by atoms with Crippen molar-refractivity contribution in [2.24, 2.45) is 0 Å². The molecule has 0 aromatic heterocycles. The number of hydrogen-bond donors (Lipinski definition) is 2. The summed E-state index contributed by atoms with van der Waals surface area (Å²) in [5.41, 5.74) is 2.11. The van der Waals surface area contributed by atoms with E-state index in [2.05, 4.69) is 0 Å². The van der Waals surface area contributed by atoms with Crippen molar-refractivity contribution in [2.45, 2.75) is 12.7 Å². The Hall–Kier alpha value is -0.710. The third-order valence-corrected chi connectivity index (χ3v) is 2.32. The predicted molar refractivity (Wildman–Crippen MR) is 47.9 cm³/mol. The lowest BCUT2D eigenvalue weighted by atomic mass is 10.2. The van der Waals surface area contributed by atoms with Crippen LogP contribution in [0.4, 0.5) is 0 Å². The Kier molecular flexibility index (Phi) is 3.40. The molecule has 0 saturated heterocycles. The lowest BCUT2D eigenvalue weighted by Gasteiger charge is -1.99. The molecule has 1 unspecified atom stereocenters. The van der Waals surface area contributed by atoms with Gasteiger partial charge in [-0.1, -0.05) is 29.8 Å². The third-order valence-electron chi connectivity index (χ3n) is 1.52. The summed E-state index contributed by atoms with van der Waals surface area (Å²) in [6.45, 7) is 1.99. The lowest BCUT2D eigenvalue weighted by molar-refractivity contribution is 0.251. The molecule has 12 heavy (non-hydrogen) atoms. The minimum absolute atomic E-state index is 0.330. The normalized spacial score (nSPS) is 12.8. The molecule has 0 heterocycles. The zero-order valence-corrected chi connectivity index (χ0v) is 7.60. The van der Waals surface area contributed by atoms with Crippen molar-refractivity contribution in [3.8, 4) is 0 Å². The van der Waals surface area contributed by atoms with Crippen LogP contribution in [0.15, 0.2) is 24.3 Å². The molecular weight excluding hydrogens is 174 g/mol. The molecule has 0 spiro atoms. The standard InChI is InChI=1S/C8H11NO2S/c1-7-2-4-8(5-3-7)6-12(11)9-10/h2-5,9-10H,6H2,1H3. The highest BCUT2D eigenvalue weighted by atomic mass is 32.2. The van der Waals surface area contributed by atoms with Crippen molar-refractivity contribution in [1.82, 2.24) is 4.89 Å². The van der Waals surface area contributed by atoms with Gasteiger partial charge in [0.15, 0.2) is 0 Å². The topological polar surface area (TPSA) is 49.3 Å². The van der Waals surface area contributed by atoms with E-state index in [1.807, 2.05) is 31.2 Å². The van der Waals surface area contributed by atoms with Crippen LogP contribution in [0.25, 0.3) is 0 Å². The molecule has 0 aliphatic rings. The quantitative estimate of drug-likeness (QED) is 0.694. The molecule has 1 rings (SSSR count). The van der Waals surface area contributed by atoms with Crippen molar-refractivity contribution in [1.29, 1.82) is 0 Å². The van der Waals surface area contributed by atoms with E-state index in [1.54, 1.807) is 4.89 Å². The van der Waals surface area contributed by atoms with Gasteiger partial charge < -0.3 is 5.21 Å². The zero-order chi connectivity index (χ0) is 8.97. The number of aryl methyl sites for hydroxylation is 1. The number of rotatable bonds is 3. The highest BCUT2D eigenvalue weighted by Gasteiger charge is 1.98. The summed E-state index contributed by atoms with van der Waals surface area (Å²) >= 11 is 0. The fourth-order valence-corrected chi connectivity index (χ4v) is 1.43. The van der Waals surface area contributed by atoms with Crippen LogP contribution in [0.3, 0.4) is 0 Å². The summed E-state index contributed by atoms with van der Waals surface area (Å²) < 4.78 is 10.8. The molecule has 1 atom stereocenters. The molecule has 1 aromatic rings. The van der Waals surface area contributed by atoms with Crippen LogP contribution >= 0.6 is 0 Å². The number of hydrogen-bond acceptors (Lipinski definition) is 2. The Bertz CT molecular complexity index is 271. The van der Waals surface area contributed by atoms with Crippen LogP contribution in [-0.4, -0.2) is 9.42 Å². The van der Waals surface area contributed by atoms with E-state index in [9.17, 15) is 4.21 Å². The van der Waals surface area contributed by atoms with Gasteiger partial charge in [-0.2, -0.15) is 0 Å². The summed E-state index contributed by atoms with van der Waals surface area (Å²) in [6, 6.07) is 7.68. The van der Waals surface area contributed by atoms with Crippen molar-refractivity contribution in [3.63, 3.8) is 0 Å². The maximum absolute atomic E-state index is 10.8. The SMILES string of the molecule is Cc1ccc(CS(=O)NO)cc1. The first-order valence-electron chi connectivity index (χ1n) is 3.56. The Morgan fingerprint density at radius 3 is 2.50 bits per heavy atom. The molecule has 4 heteroatoms. The lowest BCUT2D eigenvalue weighted by Crippen LogP contribution is -2.13. The number of nitrogens with one attached hydrogen (secondary N) is 1. The second kappa shape index (κ2) is 4.35. The molecule has 66 valence electrons. The second-order valence-electron chi connectivity index (χ2n) is 2.57. The first kappa shape index (κ1) is 9.38. The van der Waals surface area contributed by atoms with Crippen LogP contribution in [-0.2, 0) is 16.7 Å². The monoisotopic (exact) mass is 185 g/mol. The average Bonchev–Trinajstić information content (AvgIpc) is 2.09. The Morgan fingerprint density at radius 2 is 2.00 bits per heavy atom. The minimum atomic E-state index is -1.38. The summed E-state index contributed by atoms with van der Waals surface area (Å²) in [7, 11) is -1.38. The van der Waals surface area contributed by atoms with Gasteiger partial charge in [-0.3, -0.25) is 0 Å². The number of benzene rings is 1. The van der Waals surface area contributed by atoms with Gasteiger partial charge in [-0.25, -0.2) is 4.21 Å². The predicted octanol–water partition coefficient (Wildman–Crippen LogP) is 1.14. The van der Waals surface area contributed by atoms with Gasteiger partial charge in [-0.05, 0) is 12.5 Å². The third kappa shape index (κ3) is 2.73. The van der Waals surface area contributed by atoms with E-state index in [0.29, 0.717) is 5.75 Å². The summed E-state index contributed by atoms with van der Waals surface area (Å²) in [5, 5.41) is 8.30. The largest absolute Gasteiger partial charge is 0.304 e. The van der Waals surface area contributed by atoms with Gasteiger partial charge in [0, 0.05) is 0 Å². The van der Waals surface area contributed by atoms with E-state index < -0.39 is 11.0 Å². The van der Waals surface area contributed by atoms with Gasteiger partial charge in [0.25, 0.3) is 0 Å². The maximum Gasteiger partial charge on any atom is 0.120 e. The van der Waals surface area contributed by atoms with E-state index >= 15 is 0 Å². The van der Waals surface area contributed by atoms with Gasteiger partial charge in [0.05, 0.1) is 5.75 Å². The van der Waals surface area contributed by atoms with Gasteiger partial charge in [-0.15, -0.1) is 4.89 Å². The fourth-order valence-electron chi connectivity index (χ4n) is 0.868. The minimum Gasteiger partial charge on any atom is -0.304 e. The summed E-state index contributed by atoms with van der Waals surface area (Å²) in [4.78, 5) is 1.70. The first-order chi connectivity index (χ1) is 5.72. The maximum atomic E-state index is 10.8. The van der Waals surface area contributed by atoms with E-state index in [0.717, 1.165) is 5.56 Å². The zero-order valence-electron chi connectivity index (χ0n) is 6.78. The Morgan fingerprint density at radius 1 is 1.42 bits per heavy atom. The second-order valence-corrected chi connectivity index (χ2v) is 3.73. The Balaban J connectivity index is 2.64. The summed E-state index contributed by atoms with van der Waals surface area (Å²) in [6.07, 6.45) is 0. The molecule has 0 amide bonds. The van der Waals surface area contributed by atoms with E-state index in [-0.39, 0.29) is 0 Å². The van der Waals surface area contributed by atoms with Gasteiger partial charge in [0.1, 0.15) is 11.0 Å². The highest BCUT2D eigenvalue weighted by molar-refractivity contribution is 7.82. The smallest absolute Gasteiger partial charge is 0.120 e. The molecule has 3 nitrogen and oxygen atoms in total. The molecule has 0 radical (unpaired) electrons. The molecule has 0 aliphatic heterocycles. The van der Waals surface area contributed by atoms with Crippen LogP contribution < -0.4 is 4.89 Å². The van der Waals surface area contributed by atoms with Crippen molar-refractivity contribution < 1.29 is 9.42 Å². The summed E-state index contributed by atoms with van der Waals surface area (Å²) in [5.74, 6) is 0.330. The molecule has 1 aromatic carbocycles. The molecule has 0 fully saturated rings. The van der Waals surface area contributed by atoms with E-state index in [4.69, 9.17) is 5.21 Å². The average molecular weight is 185 g/mol. The molecule has 0 bridgehead atoms. The van der Waals surface area contributed by atoms with Crippen LogP contribution in [0.5, 0.6) is 0 Å². The first-order valence-corrected chi connectivity index (χ1v) is 4.88. The highest BCUT2D eigenvalue weighted by Crippen LogP contribution is 2.04. The van der Waals surface area contributed by atoms with Crippen molar-refractivity contribution >= 4 is 11.0 Å². The van der Waals surface area contributed by atoms with E-state index in [1.165, 1.54) is 5.56 Å². The molecule has 2 N–H and O–H groups in total.